The lowest BCUT2D eigenvalue weighted by Crippen LogP contribution is -2.40. The van der Waals surface area contributed by atoms with Gasteiger partial charge in [0, 0.05) is 38.6 Å². The Balaban J connectivity index is 1.49. The molecule has 10 heteroatoms. The smallest absolute Gasteiger partial charge is 0.303 e. The SMILES string of the molecule is CN(C)S(=O)(=O)N(Cc1ccc(C(=O)NCc2ccccc2-n2ccnc2)cc1)c1ccccc1F. The minimum Gasteiger partial charge on any atom is -0.348 e. The van der Waals surface area contributed by atoms with Crippen LogP contribution in [0.3, 0.4) is 0 Å². The van der Waals surface area contributed by atoms with Gasteiger partial charge in [-0.25, -0.2) is 9.37 Å². The molecule has 0 unspecified atom stereocenters. The van der Waals surface area contributed by atoms with Crippen LogP contribution in [0.1, 0.15) is 21.5 Å². The third-order valence-corrected chi connectivity index (χ3v) is 7.42. The first-order valence-corrected chi connectivity index (χ1v) is 12.5. The number of carbonyl (C=O) groups is 1. The zero-order valence-electron chi connectivity index (χ0n) is 19.9. The number of imidazole rings is 1. The summed E-state index contributed by atoms with van der Waals surface area (Å²) < 4.78 is 44.2. The molecule has 0 aliphatic carbocycles. The maximum atomic E-state index is 14.5. The second-order valence-electron chi connectivity index (χ2n) is 8.23. The Morgan fingerprint density at radius 3 is 2.36 bits per heavy atom. The Kier molecular flexibility index (Phi) is 7.47. The molecule has 4 aromatic rings. The van der Waals surface area contributed by atoms with Gasteiger partial charge in [0.1, 0.15) is 5.82 Å². The molecule has 1 N–H and O–H groups in total. The van der Waals surface area contributed by atoms with Crippen molar-refractivity contribution in [1.82, 2.24) is 19.2 Å². The van der Waals surface area contributed by atoms with Crippen LogP contribution in [0.15, 0.2) is 91.5 Å². The van der Waals surface area contributed by atoms with Crippen molar-refractivity contribution < 1.29 is 17.6 Å². The van der Waals surface area contributed by atoms with Crippen LogP contribution in [-0.4, -0.2) is 42.3 Å². The van der Waals surface area contributed by atoms with E-state index in [-0.39, 0.29) is 18.1 Å². The summed E-state index contributed by atoms with van der Waals surface area (Å²) in [6.07, 6.45) is 5.22. The predicted molar refractivity (Wildman–Crippen MR) is 136 cm³/mol. The van der Waals surface area contributed by atoms with Crippen LogP contribution in [0.2, 0.25) is 0 Å². The van der Waals surface area contributed by atoms with Crippen LogP contribution in [-0.2, 0) is 23.3 Å². The highest BCUT2D eigenvalue weighted by Gasteiger charge is 2.27. The Labute approximate surface area is 209 Å². The lowest BCUT2D eigenvalue weighted by Gasteiger charge is -2.27. The molecule has 4 rings (SSSR count). The van der Waals surface area contributed by atoms with Gasteiger partial charge < -0.3 is 9.88 Å². The van der Waals surface area contributed by atoms with Gasteiger partial charge in [0.25, 0.3) is 5.91 Å². The largest absolute Gasteiger partial charge is 0.348 e. The van der Waals surface area contributed by atoms with Crippen LogP contribution >= 0.6 is 0 Å². The first-order valence-electron chi connectivity index (χ1n) is 11.2. The fraction of sp³-hybridized carbons (Fsp3) is 0.154. The molecule has 0 spiro atoms. The summed E-state index contributed by atoms with van der Waals surface area (Å²) in [4.78, 5) is 16.8. The highest BCUT2D eigenvalue weighted by Crippen LogP contribution is 2.25. The van der Waals surface area contributed by atoms with Crippen molar-refractivity contribution in [3.8, 4) is 5.69 Å². The Morgan fingerprint density at radius 2 is 1.69 bits per heavy atom. The summed E-state index contributed by atoms with van der Waals surface area (Å²) in [6, 6.07) is 20.0. The predicted octanol–water partition coefficient (Wildman–Crippen LogP) is 3.75. The number of anilines is 1. The van der Waals surface area contributed by atoms with Crippen molar-refractivity contribution in [2.45, 2.75) is 13.1 Å². The number of aromatic nitrogens is 2. The third-order valence-electron chi connectivity index (χ3n) is 5.62. The van der Waals surface area contributed by atoms with Crippen LogP contribution < -0.4 is 9.62 Å². The molecule has 0 aliphatic rings. The van der Waals surface area contributed by atoms with E-state index in [2.05, 4.69) is 10.3 Å². The van der Waals surface area contributed by atoms with Gasteiger partial charge in [-0.2, -0.15) is 12.7 Å². The van der Waals surface area contributed by atoms with E-state index in [9.17, 15) is 17.6 Å². The first-order chi connectivity index (χ1) is 17.3. The second kappa shape index (κ2) is 10.7. The van der Waals surface area contributed by atoms with E-state index in [1.807, 2.05) is 35.0 Å². The number of para-hydroxylation sites is 2. The second-order valence-corrected chi connectivity index (χ2v) is 10.3. The van der Waals surface area contributed by atoms with Crippen molar-refractivity contribution in [1.29, 1.82) is 0 Å². The number of hydrogen-bond donors (Lipinski definition) is 1. The van der Waals surface area contributed by atoms with Crippen molar-refractivity contribution in [2.24, 2.45) is 0 Å². The molecule has 186 valence electrons. The van der Waals surface area contributed by atoms with Crippen LogP contribution in [0.25, 0.3) is 5.69 Å². The van der Waals surface area contributed by atoms with Gasteiger partial charge in [-0.15, -0.1) is 0 Å². The third kappa shape index (κ3) is 5.45. The lowest BCUT2D eigenvalue weighted by atomic mass is 10.1. The Hall–Kier alpha value is -4.02. The zero-order chi connectivity index (χ0) is 25.7. The fourth-order valence-corrected chi connectivity index (χ4v) is 4.76. The van der Waals surface area contributed by atoms with Gasteiger partial charge in [-0.3, -0.25) is 9.10 Å². The van der Waals surface area contributed by atoms with Gasteiger partial charge in [0.15, 0.2) is 0 Å². The van der Waals surface area contributed by atoms with Gasteiger partial charge in [0.2, 0.25) is 0 Å². The number of carbonyl (C=O) groups excluding carboxylic acids is 1. The Bertz CT molecular complexity index is 1440. The fourth-order valence-electron chi connectivity index (χ4n) is 3.66. The van der Waals surface area contributed by atoms with Crippen molar-refractivity contribution >= 4 is 21.8 Å². The summed E-state index contributed by atoms with van der Waals surface area (Å²) in [5.74, 6) is -0.913. The number of hydrogen-bond acceptors (Lipinski definition) is 4. The van der Waals surface area contributed by atoms with Crippen LogP contribution in [0, 0.1) is 5.82 Å². The standard InChI is InChI=1S/C26H26FN5O3S/c1-30(2)36(34,35)32(25-10-6-4-8-23(25)27)18-20-11-13-21(14-12-20)26(33)29-17-22-7-3-5-9-24(22)31-16-15-28-19-31/h3-16,19H,17-18H2,1-2H3,(H,29,33). The lowest BCUT2D eigenvalue weighted by molar-refractivity contribution is 0.0951. The molecule has 0 saturated carbocycles. The molecule has 0 atom stereocenters. The summed E-state index contributed by atoms with van der Waals surface area (Å²) >= 11 is 0. The topological polar surface area (TPSA) is 87.5 Å². The summed E-state index contributed by atoms with van der Waals surface area (Å²) in [7, 11) is -1.18. The molecule has 0 aliphatic heterocycles. The van der Waals surface area contributed by atoms with Crippen LogP contribution in [0.4, 0.5) is 10.1 Å². The normalized spacial score (nSPS) is 11.4. The van der Waals surface area contributed by atoms with Gasteiger partial charge in [0.05, 0.1) is 24.2 Å². The number of rotatable bonds is 9. The van der Waals surface area contributed by atoms with Crippen LogP contribution in [0.5, 0.6) is 0 Å². The number of amides is 1. The summed E-state index contributed by atoms with van der Waals surface area (Å²) in [5.41, 5.74) is 2.82. The van der Waals surface area contributed by atoms with Gasteiger partial charge in [-0.1, -0.05) is 42.5 Å². The highest BCUT2D eigenvalue weighted by molar-refractivity contribution is 7.90. The monoisotopic (exact) mass is 507 g/mol. The summed E-state index contributed by atoms with van der Waals surface area (Å²) in [5, 5.41) is 2.92. The molecule has 0 saturated heterocycles. The van der Waals surface area contributed by atoms with Gasteiger partial charge >= 0.3 is 10.2 Å². The van der Waals surface area contributed by atoms with E-state index < -0.39 is 16.0 Å². The van der Waals surface area contributed by atoms with Gasteiger partial charge in [-0.05, 0) is 41.5 Å². The van der Waals surface area contributed by atoms with Crippen molar-refractivity contribution in [3.63, 3.8) is 0 Å². The van der Waals surface area contributed by atoms with Crippen molar-refractivity contribution in [3.05, 3.63) is 114 Å². The van der Waals surface area contributed by atoms with E-state index >= 15 is 0 Å². The first kappa shape index (κ1) is 25.1. The van der Waals surface area contributed by atoms with E-state index in [4.69, 9.17) is 0 Å². The zero-order valence-corrected chi connectivity index (χ0v) is 20.7. The molecule has 8 nitrogen and oxygen atoms in total. The number of benzene rings is 3. The molecule has 1 aromatic heterocycles. The van der Waals surface area contributed by atoms with Crippen molar-refractivity contribution in [2.75, 3.05) is 18.4 Å². The number of halogens is 1. The number of nitrogens with zero attached hydrogens (tertiary/aromatic N) is 4. The average Bonchev–Trinajstić information content (AvgIpc) is 3.42. The molecule has 36 heavy (non-hydrogen) atoms. The molecular weight excluding hydrogens is 481 g/mol. The molecule has 3 aromatic carbocycles. The quantitative estimate of drug-likeness (QED) is 0.374. The Morgan fingerprint density at radius 1 is 1.00 bits per heavy atom. The maximum absolute atomic E-state index is 14.5. The average molecular weight is 508 g/mol. The maximum Gasteiger partial charge on any atom is 0.303 e. The van der Waals surface area contributed by atoms with E-state index in [1.165, 1.54) is 32.3 Å². The minimum absolute atomic E-state index is 0.0513. The molecule has 0 radical (unpaired) electrons. The van der Waals surface area contributed by atoms with E-state index in [0.29, 0.717) is 17.7 Å². The van der Waals surface area contributed by atoms with E-state index in [1.54, 1.807) is 42.9 Å². The minimum atomic E-state index is -3.96. The molecule has 1 heterocycles. The molecular formula is C26H26FN5O3S. The molecule has 1 amide bonds. The molecule has 0 fully saturated rings. The number of nitrogens with one attached hydrogen (secondary N) is 1. The van der Waals surface area contributed by atoms with E-state index in [0.717, 1.165) is 19.9 Å². The summed E-state index contributed by atoms with van der Waals surface area (Å²) in [6.45, 7) is 0.221. The highest BCUT2D eigenvalue weighted by atomic mass is 32.2. The molecule has 0 bridgehead atoms.